The van der Waals surface area contributed by atoms with Crippen LogP contribution in [-0.2, 0) is 22.2 Å². The summed E-state index contributed by atoms with van der Waals surface area (Å²) in [5.74, 6) is -2.25. The van der Waals surface area contributed by atoms with Gasteiger partial charge >= 0.3 is 0 Å². The van der Waals surface area contributed by atoms with E-state index >= 15 is 0 Å². The molecule has 0 saturated carbocycles. The molecule has 3 aromatic rings. The van der Waals surface area contributed by atoms with Crippen molar-refractivity contribution in [1.82, 2.24) is 9.97 Å². The third-order valence-electron chi connectivity index (χ3n) is 3.67. The molecule has 0 aliphatic carbocycles. The Balaban J connectivity index is 1.60. The van der Waals surface area contributed by atoms with E-state index in [4.69, 9.17) is 20.8 Å². The highest BCUT2D eigenvalue weighted by atomic mass is 35.5. The first-order valence-electron chi connectivity index (χ1n) is 8.12. The van der Waals surface area contributed by atoms with Gasteiger partial charge in [-0.15, -0.1) is 0 Å². The maximum absolute atomic E-state index is 14.0. The van der Waals surface area contributed by atoms with Crippen LogP contribution in [0, 0.1) is 17.5 Å². The van der Waals surface area contributed by atoms with Crippen LogP contribution in [-0.4, -0.2) is 15.8 Å². The first-order valence-corrected chi connectivity index (χ1v) is 9.24. The van der Waals surface area contributed by atoms with E-state index in [1.165, 1.54) is 18.3 Å². The molecule has 0 aliphatic rings. The minimum absolute atomic E-state index is 0.0212. The normalized spacial score (nSPS) is 10.9. The Morgan fingerprint density at radius 2 is 1.86 bits per heavy atom. The largest absolute Gasteiger partial charge is 0.294 e. The number of aromatic nitrogens is 2. The molecule has 0 N–H and O–H groups in total. The van der Waals surface area contributed by atoms with E-state index < -0.39 is 17.5 Å². The summed E-state index contributed by atoms with van der Waals surface area (Å²) in [7, 11) is 0. The van der Waals surface area contributed by atoms with Crippen molar-refractivity contribution in [3.05, 3.63) is 88.2 Å². The molecule has 0 saturated heterocycles. The van der Waals surface area contributed by atoms with Gasteiger partial charge in [-0.3, -0.25) is 4.79 Å². The third kappa shape index (κ3) is 6.01. The number of halogens is 4. The van der Waals surface area contributed by atoms with Crippen molar-refractivity contribution in [1.29, 1.82) is 0 Å². The summed E-state index contributed by atoms with van der Waals surface area (Å²) >= 11 is 6.14. The van der Waals surface area contributed by atoms with Crippen LogP contribution in [0.5, 0.6) is 0 Å². The van der Waals surface area contributed by atoms with Crippen molar-refractivity contribution in [2.45, 2.75) is 17.9 Å². The zero-order valence-corrected chi connectivity index (χ0v) is 16.1. The Hall–Kier alpha value is -2.46. The lowest BCUT2D eigenvalue weighted by Crippen LogP contribution is -2.07. The molecule has 3 rings (SSSR count). The van der Waals surface area contributed by atoms with Gasteiger partial charge in [-0.2, -0.15) is 4.33 Å². The standard InChI is InChI=1S/C19H12ClF3N2O3S/c20-19-24-6-5-14(25-19)9-17(26)11-1-3-15(22)12(7-11)10-27-28-29-18-8-13(21)2-4-16(18)23/h1-8H,9-10H2. The molecule has 0 aliphatic heterocycles. The lowest BCUT2D eigenvalue weighted by Gasteiger charge is -2.07. The van der Waals surface area contributed by atoms with Gasteiger partial charge in [-0.25, -0.2) is 28.0 Å². The number of ketones is 1. The van der Waals surface area contributed by atoms with Crippen LogP contribution in [0.4, 0.5) is 13.2 Å². The first-order chi connectivity index (χ1) is 13.9. The number of hydrogen-bond donors (Lipinski definition) is 0. The quantitative estimate of drug-likeness (QED) is 0.121. The Bertz CT molecular complexity index is 1040. The van der Waals surface area contributed by atoms with E-state index in [2.05, 4.69) is 9.97 Å². The highest BCUT2D eigenvalue weighted by Gasteiger charge is 2.13. The average molecular weight is 441 g/mol. The summed E-state index contributed by atoms with van der Waals surface area (Å²) in [4.78, 5) is 24.8. The number of rotatable bonds is 8. The van der Waals surface area contributed by atoms with E-state index in [1.807, 2.05) is 0 Å². The molecule has 0 bridgehead atoms. The lowest BCUT2D eigenvalue weighted by atomic mass is 10.0. The van der Waals surface area contributed by atoms with Gasteiger partial charge in [-0.05, 0) is 54.1 Å². The molecule has 0 amide bonds. The first kappa shape index (κ1) is 21.3. The van der Waals surface area contributed by atoms with Gasteiger partial charge in [0, 0.05) is 17.3 Å². The lowest BCUT2D eigenvalue weighted by molar-refractivity contribution is -0.202. The molecule has 2 aromatic carbocycles. The van der Waals surface area contributed by atoms with E-state index in [1.54, 1.807) is 6.07 Å². The Kier molecular flexibility index (Phi) is 7.21. The minimum atomic E-state index is -0.691. The van der Waals surface area contributed by atoms with Gasteiger partial charge in [0.05, 0.1) is 29.1 Å². The van der Waals surface area contributed by atoms with Gasteiger partial charge in [0.1, 0.15) is 24.1 Å². The molecule has 29 heavy (non-hydrogen) atoms. The Morgan fingerprint density at radius 1 is 1.07 bits per heavy atom. The minimum Gasteiger partial charge on any atom is -0.294 e. The van der Waals surface area contributed by atoms with Gasteiger partial charge in [-0.1, -0.05) is 0 Å². The molecule has 150 valence electrons. The number of carbonyl (C=O) groups excluding carboxylic acids is 1. The molecular formula is C19H12ClF3N2O3S. The van der Waals surface area contributed by atoms with Crippen LogP contribution >= 0.6 is 23.6 Å². The molecule has 5 nitrogen and oxygen atoms in total. The van der Waals surface area contributed by atoms with E-state index in [9.17, 15) is 18.0 Å². The van der Waals surface area contributed by atoms with Crippen molar-refractivity contribution in [3.8, 4) is 0 Å². The van der Waals surface area contributed by atoms with Crippen LogP contribution in [0.25, 0.3) is 0 Å². The van der Waals surface area contributed by atoms with Crippen LogP contribution in [0.15, 0.2) is 53.6 Å². The SMILES string of the molecule is O=C(Cc1ccnc(Cl)n1)c1ccc(F)c(COOSc2cc(F)ccc2F)c1. The molecule has 0 unspecified atom stereocenters. The Morgan fingerprint density at radius 3 is 2.66 bits per heavy atom. The molecule has 0 spiro atoms. The number of Topliss-reactive ketones (excluding diaryl/α,β-unsaturated/α-hetero) is 1. The summed E-state index contributed by atoms with van der Waals surface area (Å²) in [6.07, 6.45) is 1.39. The van der Waals surface area contributed by atoms with E-state index in [-0.39, 0.29) is 40.1 Å². The van der Waals surface area contributed by atoms with Gasteiger partial charge in [0.2, 0.25) is 5.28 Å². The van der Waals surface area contributed by atoms with Crippen molar-refractivity contribution < 1.29 is 27.2 Å². The number of hydrogen-bond acceptors (Lipinski definition) is 6. The summed E-state index contributed by atoms with van der Waals surface area (Å²) in [6.45, 7) is -0.351. The van der Waals surface area contributed by atoms with Gasteiger partial charge in [0.25, 0.3) is 0 Å². The highest BCUT2D eigenvalue weighted by molar-refractivity contribution is 7.94. The predicted octanol–water partition coefficient (Wildman–Crippen LogP) is 5.13. The van der Waals surface area contributed by atoms with E-state index in [0.29, 0.717) is 17.7 Å². The van der Waals surface area contributed by atoms with Crippen LogP contribution in [0.3, 0.4) is 0 Å². The second kappa shape index (κ2) is 9.84. The molecule has 10 heteroatoms. The fraction of sp³-hybridized carbons (Fsp3) is 0.105. The molecule has 0 atom stereocenters. The van der Waals surface area contributed by atoms with Crippen molar-refractivity contribution in [2.24, 2.45) is 0 Å². The third-order valence-corrected chi connectivity index (χ3v) is 4.51. The van der Waals surface area contributed by atoms with E-state index in [0.717, 1.165) is 24.3 Å². The molecule has 1 aromatic heterocycles. The van der Waals surface area contributed by atoms with Crippen molar-refractivity contribution in [3.63, 3.8) is 0 Å². The number of nitrogens with zero attached hydrogens (tertiary/aromatic N) is 2. The van der Waals surface area contributed by atoms with Crippen molar-refractivity contribution >= 4 is 29.4 Å². The average Bonchev–Trinajstić information content (AvgIpc) is 2.69. The summed E-state index contributed by atoms with van der Waals surface area (Å²) in [6, 6.07) is 8.17. The second-order valence-electron chi connectivity index (χ2n) is 5.71. The maximum Gasteiger partial charge on any atom is 0.222 e. The Labute approximate surface area is 173 Å². The molecule has 1 heterocycles. The van der Waals surface area contributed by atoms with Crippen LogP contribution in [0.1, 0.15) is 21.6 Å². The zero-order valence-electron chi connectivity index (χ0n) is 14.6. The summed E-state index contributed by atoms with van der Waals surface area (Å²) in [5.41, 5.74) is 0.717. The fourth-order valence-corrected chi connectivity index (χ4v) is 2.93. The van der Waals surface area contributed by atoms with Crippen molar-refractivity contribution in [2.75, 3.05) is 0 Å². The van der Waals surface area contributed by atoms with Crippen LogP contribution in [0.2, 0.25) is 5.28 Å². The monoisotopic (exact) mass is 440 g/mol. The van der Waals surface area contributed by atoms with Gasteiger partial charge in [0.15, 0.2) is 5.78 Å². The van der Waals surface area contributed by atoms with Gasteiger partial charge < -0.3 is 0 Å². The maximum atomic E-state index is 14.0. The fourth-order valence-electron chi connectivity index (χ4n) is 2.28. The second-order valence-corrected chi connectivity index (χ2v) is 6.79. The zero-order chi connectivity index (χ0) is 20.8. The topological polar surface area (TPSA) is 61.3 Å². The molecule has 0 radical (unpaired) electrons. The predicted molar refractivity (Wildman–Crippen MR) is 99.6 cm³/mol. The summed E-state index contributed by atoms with van der Waals surface area (Å²) in [5, 5.41) is 0.0212. The molecule has 0 fully saturated rings. The molecular weight excluding hydrogens is 429 g/mol. The summed E-state index contributed by atoms with van der Waals surface area (Å²) < 4.78 is 45.3. The number of benzene rings is 2. The number of carbonyl (C=O) groups is 1. The smallest absolute Gasteiger partial charge is 0.222 e. The highest BCUT2D eigenvalue weighted by Crippen LogP contribution is 2.24. The van der Waals surface area contributed by atoms with Crippen LogP contribution < -0.4 is 0 Å².